The quantitative estimate of drug-likeness (QED) is 0.756. The lowest BCUT2D eigenvalue weighted by Gasteiger charge is -2.31. The van der Waals surface area contributed by atoms with Crippen LogP contribution in [0.3, 0.4) is 0 Å². The van der Waals surface area contributed by atoms with Crippen LogP contribution in [0.25, 0.3) is 0 Å². The maximum absolute atomic E-state index is 12.5. The van der Waals surface area contributed by atoms with Gasteiger partial charge in [-0.2, -0.15) is 0 Å². The number of carbonyl (C=O) groups excluding carboxylic acids is 1. The first-order valence-corrected chi connectivity index (χ1v) is 7.84. The van der Waals surface area contributed by atoms with Gasteiger partial charge in [-0.3, -0.25) is 4.79 Å². The molecule has 20 heavy (non-hydrogen) atoms. The maximum atomic E-state index is 12.5. The fourth-order valence-corrected chi connectivity index (χ4v) is 3.32. The smallest absolute Gasteiger partial charge is 0.229 e. The molecule has 0 radical (unpaired) electrons. The Morgan fingerprint density at radius 1 is 1.40 bits per heavy atom. The summed E-state index contributed by atoms with van der Waals surface area (Å²) in [7, 11) is 1.80. The van der Waals surface area contributed by atoms with Gasteiger partial charge >= 0.3 is 0 Å². The zero-order chi connectivity index (χ0) is 14.6. The third-order valence-electron chi connectivity index (χ3n) is 4.50. The predicted molar refractivity (Wildman–Crippen MR) is 77.4 cm³/mol. The molecule has 5 heteroatoms. The van der Waals surface area contributed by atoms with E-state index in [9.17, 15) is 9.90 Å². The molecule has 2 N–H and O–H groups in total. The van der Waals surface area contributed by atoms with E-state index in [1.54, 1.807) is 11.9 Å². The highest BCUT2D eigenvalue weighted by Crippen LogP contribution is 2.30. The minimum Gasteiger partial charge on any atom is -0.388 e. The van der Waals surface area contributed by atoms with Crippen molar-refractivity contribution in [1.82, 2.24) is 10.2 Å². The molecule has 2 atom stereocenters. The van der Waals surface area contributed by atoms with E-state index in [0.717, 1.165) is 38.6 Å². The first-order chi connectivity index (χ1) is 9.56. The van der Waals surface area contributed by atoms with E-state index < -0.39 is 5.60 Å². The molecule has 2 fully saturated rings. The van der Waals surface area contributed by atoms with Gasteiger partial charge in [-0.05, 0) is 25.8 Å². The van der Waals surface area contributed by atoms with Crippen molar-refractivity contribution in [3.63, 3.8) is 0 Å². The number of carbonyl (C=O) groups is 1. The maximum Gasteiger partial charge on any atom is 0.229 e. The summed E-state index contributed by atoms with van der Waals surface area (Å²) < 4.78 is 5.46. The Morgan fingerprint density at radius 3 is 2.75 bits per heavy atom. The molecule has 1 saturated carbocycles. The molecule has 0 aromatic carbocycles. The molecule has 0 aromatic rings. The number of hydrogen-bond acceptors (Lipinski definition) is 4. The van der Waals surface area contributed by atoms with Crippen LogP contribution in [0, 0.1) is 5.92 Å². The van der Waals surface area contributed by atoms with E-state index in [0.29, 0.717) is 19.8 Å². The third-order valence-corrected chi connectivity index (χ3v) is 4.50. The van der Waals surface area contributed by atoms with Crippen LogP contribution in [0.2, 0.25) is 0 Å². The molecule has 2 rings (SSSR count). The van der Waals surface area contributed by atoms with E-state index >= 15 is 0 Å². The van der Waals surface area contributed by atoms with Gasteiger partial charge in [0.15, 0.2) is 0 Å². The second kappa shape index (κ2) is 6.87. The fourth-order valence-electron chi connectivity index (χ4n) is 3.32. The van der Waals surface area contributed by atoms with Crippen molar-refractivity contribution in [3.8, 4) is 0 Å². The Hall–Kier alpha value is -0.650. The Kier molecular flexibility index (Phi) is 5.41. The highest BCUT2D eigenvalue weighted by molar-refractivity contribution is 5.80. The van der Waals surface area contributed by atoms with Gasteiger partial charge in [0.05, 0.1) is 24.7 Å². The van der Waals surface area contributed by atoms with Gasteiger partial charge in [0.2, 0.25) is 5.91 Å². The van der Waals surface area contributed by atoms with Crippen LogP contribution >= 0.6 is 0 Å². The number of likely N-dealkylation sites (N-methyl/N-ethyl adjacent to an activating group) is 1. The first kappa shape index (κ1) is 15.7. The normalized spacial score (nSPS) is 28.8. The number of aliphatic hydroxyl groups is 1. The molecule has 2 unspecified atom stereocenters. The van der Waals surface area contributed by atoms with Crippen LogP contribution in [0.5, 0.6) is 0 Å². The van der Waals surface area contributed by atoms with Crippen molar-refractivity contribution in [1.29, 1.82) is 0 Å². The lowest BCUT2D eigenvalue weighted by molar-refractivity contribution is -0.138. The fraction of sp³-hybridized carbons (Fsp3) is 0.933. The summed E-state index contributed by atoms with van der Waals surface area (Å²) in [5.74, 6) is -0.0204. The number of amides is 1. The van der Waals surface area contributed by atoms with Gasteiger partial charge in [-0.1, -0.05) is 19.8 Å². The molecule has 1 saturated heterocycles. The van der Waals surface area contributed by atoms with E-state index in [1.165, 1.54) is 0 Å². The van der Waals surface area contributed by atoms with Crippen molar-refractivity contribution in [2.45, 2.75) is 50.7 Å². The average Bonchev–Trinajstić information content (AvgIpc) is 3.04. The zero-order valence-electron chi connectivity index (χ0n) is 12.7. The highest BCUT2D eigenvalue weighted by atomic mass is 16.5. The Bertz CT molecular complexity index is 329. The number of rotatable bonds is 6. The number of nitrogens with one attached hydrogen (secondary N) is 1. The Labute approximate surface area is 121 Å². The second-order valence-electron chi connectivity index (χ2n) is 6.33. The number of nitrogens with zero attached hydrogens (tertiary/aromatic N) is 1. The topological polar surface area (TPSA) is 61.8 Å². The predicted octanol–water partition coefficient (Wildman–Crippen LogP) is 0.764. The first-order valence-electron chi connectivity index (χ1n) is 7.84. The largest absolute Gasteiger partial charge is 0.388 e. The van der Waals surface area contributed by atoms with Gasteiger partial charge in [0.1, 0.15) is 0 Å². The van der Waals surface area contributed by atoms with Crippen molar-refractivity contribution in [2.24, 2.45) is 5.92 Å². The summed E-state index contributed by atoms with van der Waals surface area (Å²) in [6.45, 7) is 4.56. The molecule has 0 bridgehead atoms. The SMILES string of the molecule is CCCNC1COCC1C(=O)N(C)CC1(O)CCCC1. The standard InChI is InChI=1S/C15H28N2O3/c1-3-8-16-13-10-20-9-12(13)14(18)17(2)11-15(19)6-4-5-7-15/h12-13,16,19H,3-11H2,1-2H3. The van der Waals surface area contributed by atoms with Crippen LogP contribution in [0.4, 0.5) is 0 Å². The van der Waals surface area contributed by atoms with Crippen molar-refractivity contribution in [3.05, 3.63) is 0 Å². The zero-order valence-corrected chi connectivity index (χ0v) is 12.7. The van der Waals surface area contributed by atoms with E-state index in [-0.39, 0.29) is 17.9 Å². The molecule has 1 aliphatic heterocycles. The lowest BCUT2D eigenvalue weighted by Crippen LogP contribution is -2.49. The van der Waals surface area contributed by atoms with Gasteiger partial charge in [0.25, 0.3) is 0 Å². The molecule has 5 nitrogen and oxygen atoms in total. The number of ether oxygens (including phenoxy) is 1. The van der Waals surface area contributed by atoms with E-state index in [2.05, 4.69) is 12.2 Å². The van der Waals surface area contributed by atoms with E-state index in [4.69, 9.17) is 4.74 Å². The highest BCUT2D eigenvalue weighted by Gasteiger charge is 2.38. The third kappa shape index (κ3) is 3.71. The molecule has 2 aliphatic rings. The minimum absolute atomic E-state index is 0.0939. The van der Waals surface area contributed by atoms with Crippen LogP contribution in [0.15, 0.2) is 0 Å². The molecule has 1 aliphatic carbocycles. The van der Waals surface area contributed by atoms with Gasteiger partial charge in [0, 0.05) is 19.6 Å². The monoisotopic (exact) mass is 284 g/mol. The van der Waals surface area contributed by atoms with Crippen LogP contribution in [0.1, 0.15) is 39.0 Å². The minimum atomic E-state index is -0.670. The van der Waals surface area contributed by atoms with Gasteiger partial charge in [-0.15, -0.1) is 0 Å². The van der Waals surface area contributed by atoms with Gasteiger partial charge < -0.3 is 20.1 Å². The second-order valence-corrected chi connectivity index (χ2v) is 6.33. The average molecular weight is 284 g/mol. The molecule has 0 spiro atoms. The summed E-state index contributed by atoms with van der Waals surface area (Å²) in [5.41, 5.74) is -0.670. The van der Waals surface area contributed by atoms with Gasteiger partial charge in [-0.25, -0.2) is 0 Å². The van der Waals surface area contributed by atoms with Crippen molar-refractivity contribution >= 4 is 5.91 Å². The van der Waals surface area contributed by atoms with Crippen molar-refractivity contribution < 1.29 is 14.6 Å². The summed E-state index contributed by atoms with van der Waals surface area (Å²) in [5, 5.41) is 13.8. The molecule has 116 valence electrons. The molecular weight excluding hydrogens is 256 g/mol. The molecular formula is C15H28N2O3. The number of hydrogen-bond donors (Lipinski definition) is 2. The Balaban J connectivity index is 1.88. The summed E-state index contributed by atoms with van der Waals surface area (Å²) >= 11 is 0. The summed E-state index contributed by atoms with van der Waals surface area (Å²) in [4.78, 5) is 14.2. The molecule has 0 aromatic heterocycles. The van der Waals surface area contributed by atoms with Crippen LogP contribution < -0.4 is 5.32 Å². The van der Waals surface area contributed by atoms with Crippen molar-refractivity contribution in [2.75, 3.05) is 33.4 Å². The Morgan fingerprint density at radius 2 is 2.10 bits per heavy atom. The summed E-state index contributed by atoms with van der Waals surface area (Å²) in [6, 6.07) is 0.114. The molecule has 1 heterocycles. The van der Waals surface area contributed by atoms with Crippen LogP contribution in [-0.2, 0) is 9.53 Å². The summed E-state index contributed by atoms with van der Waals surface area (Å²) in [6.07, 6.45) is 4.79. The molecule has 1 amide bonds. The lowest BCUT2D eigenvalue weighted by atomic mass is 9.98. The van der Waals surface area contributed by atoms with Crippen LogP contribution in [-0.4, -0.2) is 60.9 Å². The van der Waals surface area contributed by atoms with E-state index in [1.807, 2.05) is 0 Å².